The molecule has 2 aromatic rings. The van der Waals surface area contributed by atoms with Gasteiger partial charge in [0.2, 0.25) is 5.67 Å². The zero-order valence-corrected chi connectivity index (χ0v) is 13.8. The van der Waals surface area contributed by atoms with Crippen molar-refractivity contribution in [1.82, 2.24) is 14.7 Å². The number of carbonyl (C=O) groups is 2. The molecule has 9 heteroatoms. The molecular formula is C15H12Cl2FN3O3. The predicted molar refractivity (Wildman–Crippen MR) is 85.6 cm³/mol. The lowest BCUT2D eigenvalue weighted by atomic mass is 10.1. The van der Waals surface area contributed by atoms with E-state index >= 15 is 0 Å². The standard InChI is InChI=1S/C15H12Cl2FN3O3/c16-10-1-2-12(11(17)5-10)21-7-9(6-19-21)13(22)20-4-3-15(18,8-20)14(23)24/h1-2,5-7H,3-4,8H2,(H,23,24). The van der Waals surface area contributed by atoms with Crippen LogP contribution in [0.4, 0.5) is 4.39 Å². The summed E-state index contributed by atoms with van der Waals surface area (Å²) in [5.41, 5.74) is -1.65. The molecule has 24 heavy (non-hydrogen) atoms. The van der Waals surface area contributed by atoms with Crippen molar-refractivity contribution in [3.05, 3.63) is 46.2 Å². The number of carbonyl (C=O) groups excluding carboxylic acids is 1. The maximum atomic E-state index is 14.1. The second-order valence-corrected chi connectivity index (χ2v) is 6.36. The van der Waals surface area contributed by atoms with E-state index in [0.29, 0.717) is 15.7 Å². The molecule has 1 atom stereocenters. The Labute approximate surface area is 146 Å². The number of alkyl halides is 1. The van der Waals surface area contributed by atoms with Crippen LogP contribution in [-0.4, -0.2) is 50.4 Å². The number of hydrogen-bond donors (Lipinski definition) is 1. The maximum absolute atomic E-state index is 14.1. The van der Waals surface area contributed by atoms with Crippen molar-refractivity contribution in [3.63, 3.8) is 0 Å². The van der Waals surface area contributed by atoms with Gasteiger partial charge in [-0.05, 0) is 18.2 Å². The molecule has 3 rings (SSSR count). The summed E-state index contributed by atoms with van der Waals surface area (Å²) in [5.74, 6) is -2.03. The lowest BCUT2D eigenvalue weighted by Gasteiger charge is -2.16. The van der Waals surface area contributed by atoms with Crippen LogP contribution in [0.5, 0.6) is 0 Å². The second-order valence-electron chi connectivity index (χ2n) is 5.52. The van der Waals surface area contributed by atoms with E-state index in [9.17, 15) is 14.0 Å². The molecule has 0 saturated carbocycles. The first-order chi connectivity index (χ1) is 11.3. The Morgan fingerprint density at radius 2 is 2.08 bits per heavy atom. The Morgan fingerprint density at radius 1 is 1.33 bits per heavy atom. The number of carboxylic acids is 1. The van der Waals surface area contributed by atoms with Gasteiger partial charge in [-0.2, -0.15) is 5.10 Å². The van der Waals surface area contributed by atoms with Crippen LogP contribution >= 0.6 is 23.2 Å². The molecule has 1 aliphatic heterocycles. The van der Waals surface area contributed by atoms with Gasteiger partial charge in [0.15, 0.2) is 0 Å². The Morgan fingerprint density at radius 3 is 2.71 bits per heavy atom. The van der Waals surface area contributed by atoms with Crippen LogP contribution in [0.15, 0.2) is 30.6 Å². The van der Waals surface area contributed by atoms with Crippen LogP contribution in [0.1, 0.15) is 16.8 Å². The first kappa shape index (κ1) is 16.7. The summed E-state index contributed by atoms with van der Waals surface area (Å²) in [7, 11) is 0. The SMILES string of the molecule is O=C(c1cnn(-c2ccc(Cl)cc2Cl)c1)N1CCC(F)(C(=O)O)C1. The van der Waals surface area contributed by atoms with E-state index in [0.717, 1.165) is 0 Å². The van der Waals surface area contributed by atoms with Crippen molar-refractivity contribution in [2.45, 2.75) is 12.1 Å². The minimum absolute atomic E-state index is 0.0362. The molecule has 1 aromatic heterocycles. The van der Waals surface area contributed by atoms with E-state index in [1.54, 1.807) is 18.2 Å². The van der Waals surface area contributed by atoms with E-state index in [1.165, 1.54) is 22.0 Å². The van der Waals surface area contributed by atoms with Crippen molar-refractivity contribution < 1.29 is 19.1 Å². The third kappa shape index (κ3) is 2.97. The zero-order valence-electron chi connectivity index (χ0n) is 12.2. The first-order valence-electron chi connectivity index (χ1n) is 7.02. The monoisotopic (exact) mass is 371 g/mol. The minimum atomic E-state index is -2.40. The van der Waals surface area contributed by atoms with Crippen LogP contribution in [0.25, 0.3) is 5.69 Å². The third-order valence-corrected chi connectivity index (χ3v) is 4.41. The van der Waals surface area contributed by atoms with Crippen LogP contribution in [0, 0.1) is 0 Å². The smallest absolute Gasteiger partial charge is 0.343 e. The lowest BCUT2D eigenvalue weighted by molar-refractivity contribution is -0.149. The quantitative estimate of drug-likeness (QED) is 0.899. The fourth-order valence-corrected chi connectivity index (χ4v) is 3.03. The molecule has 1 fully saturated rings. The van der Waals surface area contributed by atoms with Gasteiger partial charge in [0.25, 0.3) is 5.91 Å². The number of nitrogens with zero attached hydrogens (tertiary/aromatic N) is 3. The molecule has 1 N–H and O–H groups in total. The molecule has 1 saturated heterocycles. The molecule has 0 spiro atoms. The van der Waals surface area contributed by atoms with Gasteiger partial charge in [-0.15, -0.1) is 0 Å². The van der Waals surface area contributed by atoms with E-state index in [-0.39, 0.29) is 18.5 Å². The number of aromatic nitrogens is 2. The predicted octanol–water partition coefficient (Wildman–Crippen LogP) is 2.82. The highest BCUT2D eigenvalue weighted by Gasteiger charge is 2.47. The van der Waals surface area contributed by atoms with Crippen molar-refractivity contribution in [1.29, 1.82) is 0 Å². The average molecular weight is 372 g/mol. The third-order valence-electron chi connectivity index (χ3n) is 3.88. The van der Waals surface area contributed by atoms with Crippen molar-refractivity contribution in [3.8, 4) is 5.69 Å². The van der Waals surface area contributed by atoms with Crippen LogP contribution in [0.2, 0.25) is 10.0 Å². The number of carboxylic acid groups (broad SMARTS) is 1. The fraction of sp³-hybridized carbons (Fsp3) is 0.267. The number of likely N-dealkylation sites (tertiary alicyclic amines) is 1. The molecule has 1 aliphatic rings. The molecule has 1 aromatic carbocycles. The maximum Gasteiger partial charge on any atom is 0.343 e. The topological polar surface area (TPSA) is 75.4 Å². The highest BCUT2D eigenvalue weighted by molar-refractivity contribution is 6.35. The molecule has 0 bridgehead atoms. The number of benzene rings is 1. The highest BCUT2D eigenvalue weighted by Crippen LogP contribution is 2.28. The van der Waals surface area contributed by atoms with Crippen LogP contribution < -0.4 is 0 Å². The largest absolute Gasteiger partial charge is 0.479 e. The summed E-state index contributed by atoms with van der Waals surface area (Å²) in [6, 6.07) is 4.84. The molecule has 0 aliphatic carbocycles. The molecule has 0 radical (unpaired) electrons. The Hall–Kier alpha value is -2.12. The number of halogens is 3. The zero-order chi connectivity index (χ0) is 17.5. The van der Waals surface area contributed by atoms with Gasteiger partial charge in [0.1, 0.15) is 0 Å². The van der Waals surface area contributed by atoms with Gasteiger partial charge < -0.3 is 10.0 Å². The summed E-state index contributed by atoms with van der Waals surface area (Å²) >= 11 is 11.9. The van der Waals surface area contributed by atoms with Gasteiger partial charge in [-0.3, -0.25) is 4.79 Å². The van der Waals surface area contributed by atoms with Crippen molar-refractivity contribution in [2.75, 3.05) is 13.1 Å². The van der Waals surface area contributed by atoms with Crippen molar-refractivity contribution in [2.24, 2.45) is 0 Å². The number of aliphatic carboxylic acids is 1. The molecule has 2 heterocycles. The Balaban J connectivity index is 1.81. The van der Waals surface area contributed by atoms with E-state index in [4.69, 9.17) is 28.3 Å². The van der Waals surface area contributed by atoms with Gasteiger partial charge in [-0.1, -0.05) is 23.2 Å². The Kier molecular flexibility index (Phi) is 4.23. The fourth-order valence-electron chi connectivity index (χ4n) is 2.54. The summed E-state index contributed by atoms with van der Waals surface area (Å²) in [6.07, 6.45) is 2.55. The van der Waals surface area contributed by atoms with Crippen molar-refractivity contribution >= 4 is 35.1 Å². The van der Waals surface area contributed by atoms with Gasteiger partial charge in [0, 0.05) is 24.2 Å². The molecular weight excluding hydrogens is 360 g/mol. The van der Waals surface area contributed by atoms with Crippen LogP contribution in [0.3, 0.4) is 0 Å². The lowest BCUT2D eigenvalue weighted by Crippen LogP contribution is -2.38. The molecule has 6 nitrogen and oxygen atoms in total. The summed E-state index contributed by atoms with van der Waals surface area (Å²) in [5, 5.41) is 13.8. The first-order valence-corrected chi connectivity index (χ1v) is 7.77. The minimum Gasteiger partial charge on any atom is -0.479 e. The summed E-state index contributed by atoms with van der Waals surface area (Å²) in [6.45, 7) is -0.442. The normalized spacial score (nSPS) is 20.4. The number of hydrogen-bond acceptors (Lipinski definition) is 3. The van der Waals surface area contributed by atoms with Gasteiger partial charge in [0.05, 0.1) is 29.0 Å². The average Bonchev–Trinajstić information content (AvgIpc) is 3.14. The molecule has 1 amide bonds. The molecule has 126 valence electrons. The second kappa shape index (κ2) is 6.07. The molecule has 1 unspecified atom stereocenters. The van der Waals surface area contributed by atoms with E-state index in [2.05, 4.69) is 5.10 Å². The number of amides is 1. The number of rotatable bonds is 3. The van der Waals surface area contributed by atoms with E-state index in [1.807, 2.05) is 0 Å². The Bertz CT molecular complexity index is 826. The highest BCUT2D eigenvalue weighted by atomic mass is 35.5. The van der Waals surface area contributed by atoms with Gasteiger partial charge >= 0.3 is 5.97 Å². The van der Waals surface area contributed by atoms with Gasteiger partial charge in [-0.25, -0.2) is 13.9 Å². The van der Waals surface area contributed by atoms with E-state index < -0.39 is 24.1 Å². The summed E-state index contributed by atoms with van der Waals surface area (Å²) in [4.78, 5) is 24.5. The van der Waals surface area contributed by atoms with Crippen LogP contribution in [-0.2, 0) is 4.79 Å². The summed E-state index contributed by atoms with van der Waals surface area (Å²) < 4.78 is 15.5.